The van der Waals surface area contributed by atoms with Crippen molar-refractivity contribution in [2.75, 3.05) is 4.90 Å². The molecule has 0 fully saturated rings. The predicted molar refractivity (Wildman–Crippen MR) is 84.8 cm³/mol. The van der Waals surface area contributed by atoms with Crippen LogP contribution in [0, 0.1) is 17.0 Å². The molecule has 0 saturated carbocycles. The fourth-order valence-electron chi connectivity index (χ4n) is 1.78. The maximum atomic E-state index is 11.4. The maximum Gasteiger partial charge on any atom is 0.269 e. The van der Waals surface area contributed by atoms with Gasteiger partial charge in [0.05, 0.1) is 16.3 Å². The number of nitrogens with zero attached hydrogens (tertiary/aromatic N) is 6. The average molecular weight is 348 g/mol. The lowest BCUT2D eigenvalue weighted by molar-refractivity contribution is -0.384. The Morgan fingerprint density at radius 3 is 2.52 bits per heavy atom. The second-order valence-electron chi connectivity index (χ2n) is 4.33. The van der Waals surface area contributed by atoms with Gasteiger partial charge in [-0.3, -0.25) is 19.8 Å². The fourth-order valence-corrected chi connectivity index (χ4v) is 3.38. The normalized spacial score (nSPS) is 10.5. The van der Waals surface area contributed by atoms with Crippen LogP contribution >= 0.6 is 22.9 Å². The third-order valence-corrected chi connectivity index (χ3v) is 4.81. The van der Waals surface area contributed by atoms with E-state index in [9.17, 15) is 14.9 Å². The third kappa shape index (κ3) is 2.91. The molecule has 23 heavy (non-hydrogen) atoms. The van der Waals surface area contributed by atoms with Crippen LogP contribution in [-0.2, 0) is 4.79 Å². The van der Waals surface area contributed by atoms with E-state index in [1.165, 1.54) is 52.0 Å². The van der Waals surface area contributed by atoms with Gasteiger partial charge in [0.2, 0.25) is 11.5 Å². The first-order valence-electron chi connectivity index (χ1n) is 6.22. The smallest absolute Gasteiger partial charge is 0.269 e. The fraction of sp³-hybridized carbons (Fsp3) is 0.0833. The Balaban J connectivity index is 1.92. The Kier molecular flexibility index (Phi) is 4.04. The molecule has 0 aliphatic rings. The number of hydrogen-bond acceptors (Lipinski definition) is 9. The Morgan fingerprint density at radius 1 is 1.22 bits per heavy atom. The Bertz CT molecular complexity index is 860. The van der Waals surface area contributed by atoms with Crippen LogP contribution in [0.25, 0.3) is 9.88 Å². The number of aromatic nitrogens is 4. The van der Waals surface area contributed by atoms with E-state index in [1.54, 1.807) is 0 Å². The zero-order chi connectivity index (χ0) is 16.4. The van der Waals surface area contributed by atoms with E-state index < -0.39 is 4.92 Å². The minimum absolute atomic E-state index is 0.0519. The van der Waals surface area contributed by atoms with Crippen molar-refractivity contribution in [3.63, 3.8) is 0 Å². The van der Waals surface area contributed by atoms with Crippen LogP contribution < -0.4 is 4.90 Å². The van der Waals surface area contributed by atoms with E-state index in [0.29, 0.717) is 22.2 Å². The van der Waals surface area contributed by atoms with Crippen molar-refractivity contribution in [2.24, 2.45) is 0 Å². The van der Waals surface area contributed by atoms with Gasteiger partial charge in [0.1, 0.15) is 4.88 Å². The van der Waals surface area contributed by atoms with E-state index in [4.69, 9.17) is 0 Å². The van der Waals surface area contributed by atoms with Crippen molar-refractivity contribution in [2.45, 2.75) is 6.92 Å². The van der Waals surface area contributed by atoms with Gasteiger partial charge in [-0.15, -0.1) is 15.3 Å². The number of carbonyl (C=O) groups excluding carboxylic acids is 1. The van der Waals surface area contributed by atoms with Crippen molar-refractivity contribution in [3.8, 4) is 9.88 Å². The van der Waals surface area contributed by atoms with Gasteiger partial charge in [0.25, 0.3) is 5.69 Å². The van der Waals surface area contributed by atoms with Crippen molar-refractivity contribution >= 4 is 45.8 Å². The van der Waals surface area contributed by atoms with E-state index in [0.717, 1.165) is 10.6 Å². The van der Waals surface area contributed by atoms with Crippen molar-refractivity contribution in [3.05, 3.63) is 40.1 Å². The number of carbonyl (C=O) groups is 1. The number of nitro benzene ring substituents is 1. The van der Waals surface area contributed by atoms with Crippen LogP contribution in [0.3, 0.4) is 0 Å². The van der Waals surface area contributed by atoms with Gasteiger partial charge in [-0.2, -0.15) is 0 Å². The molecule has 0 saturated heterocycles. The first kappa shape index (κ1) is 15.1. The van der Waals surface area contributed by atoms with Crippen molar-refractivity contribution in [1.82, 2.24) is 19.8 Å². The van der Waals surface area contributed by atoms with Gasteiger partial charge < -0.3 is 0 Å². The van der Waals surface area contributed by atoms with Gasteiger partial charge in [-0.25, -0.2) is 0 Å². The molecule has 1 aromatic carbocycles. The molecule has 2 heterocycles. The zero-order valence-electron chi connectivity index (χ0n) is 11.6. The highest BCUT2D eigenvalue weighted by Gasteiger charge is 2.18. The molecular weight excluding hydrogens is 340 g/mol. The summed E-state index contributed by atoms with van der Waals surface area (Å²) in [5.41, 5.74) is 1.15. The number of aryl methyl sites for hydroxylation is 1. The first-order valence-corrected chi connectivity index (χ1v) is 7.81. The quantitative estimate of drug-likeness (QED) is 0.395. The summed E-state index contributed by atoms with van der Waals surface area (Å²) in [6.45, 7) is 1.81. The summed E-state index contributed by atoms with van der Waals surface area (Å²) in [4.78, 5) is 23.6. The van der Waals surface area contributed by atoms with Gasteiger partial charge in [-0.1, -0.05) is 15.8 Å². The summed E-state index contributed by atoms with van der Waals surface area (Å²) in [7, 11) is 0. The number of hydrogen-bond donors (Lipinski definition) is 0. The standard InChI is InChI=1S/C12H8N6O3S2/c1-7-10(23-16-13-7)11-14-15-12(22-11)17(6-19)8-2-4-9(5-3-8)18(20)21/h2-6H,1H3. The van der Waals surface area contributed by atoms with Crippen molar-refractivity contribution in [1.29, 1.82) is 0 Å². The number of amides is 1. The van der Waals surface area contributed by atoms with Crippen LogP contribution in [0.5, 0.6) is 0 Å². The zero-order valence-corrected chi connectivity index (χ0v) is 13.2. The van der Waals surface area contributed by atoms with Gasteiger partial charge in [0.15, 0.2) is 5.01 Å². The van der Waals surface area contributed by atoms with Crippen molar-refractivity contribution < 1.29 is 9.72 Å². The lowest BCUT2D eigenvalue weighted by Gasteiger charge is -2.12. The van der Waals surface area contributed by atoms with Crippen LogP contribution in [0.2, 0.25) is 0 Å². The molecule has 0 aliphatic carbocycles. The summed E-state index contributed by atoms with van der Waals surface area (Å²) in [6, 6.07) is 5.61. The molecule has 11 heteroatoms. The molecule has 116 valence electrons. The summed E-state index contributed by atoms with van der Waals surface area (Å²) in [6.07, 6.45) is 0.587. The van der Waals surface area contributed by atoms with Crippen LogP contribution in [0.1, 0.15) is 5.69 Å². The SMILES string of the molecule is Cc1nnsc1-c1nnc(N(C=O)c2ccc([N+](=O)[O-])cc2)s1. The van der Waals surface area contributed by atoms with Gasteiger partial charge >= 0.3 is 0 Å². The lowest BCUT2D eigenvalue weighted by atomic mass is 10.3. The maximum absolute atomic E-state index is 11.4. The van der Waals surface area contributed by atoms with Crippen LogP contribution in [-0.4, -0.2) is 31.1 Å². The second kappa shape index (κ2) is 6.14. The summed E-state index contributed by atoms with van der Waals surface area (Å²) in [5.74, 6) is 0. The number of non-ortho nitro benzene ring substituents is 1. The molecule has 1 amide bonds. The van der Waals surface area contributed by atoms with E-state index in [-0.39, 0.29) is 5.69 Å². The number of benzene rings is 1. The number of nitro groups is 1. The minimum Gasteiger partial charge on any atom is -0.278 e. The second-order valence-corrected chi connectivity index (χ2v) is 6.04. The molecule has 0 N–H and O–H groups in total. The molecule has 0 bridgehead atoms. The van der Waals surface area contributed by atoms with E-state index >= 15 is 0 Å². The molecule has 0 atom stereocenters. The molecular formula is C12H8N6O3S2. The van der Waals surface area contributed by atoms with Gasteiger partial charge in [-0.05, 0) is 30.6 Å². The Hall–Kier alpha value is -2.79. The van der Waals surface area contributed by atoms with Crippen LogP contribution in [0.4, 0.5) is 16.5 Å². The molecule has 0 radical (unpaired) electrons. The number of anilines is 2. The molecule has 3 aromatic rings. The largest absolute Gasteiger partial charge is 0.278 e. The topological polar surface area (TPSA) is 115 Å². The van der Waals surface area contributed by atoms with Crippen LogP contribution in [0.15, 0.2) is 24.3 Å². The summed E-state index contributed by atoms with van der Waals surface area (Å²) >= 11 is 2.41. The predicted octanol–water partition coefficient (Wildman–Crippen LogP) is 2.57. The molecule has 0 spiro atoms. The lowest BCUT2D eigenvalue weighted by Crippen LogP contribution is -2.13. The average Bonchev–Trinajstić information content (AvgIpc) is 3.17. The Labute approximate surface area is 137 Å². The van der Waals surface area contributed by atoms with Gasteiger partial charge in [0, 0.05) is 12.1 Å². The third-order valence-electron chi connectivity index (χ3n) is 2.91. The molecule has 0 unspecified atom stereocenters. The monoisotopic (exact) mass is 348 g/mol. The van der Waals surface area contributed by atoms with E-state index in [1.807, 2.05) is 6.92 Å². The molecule has 9 nitrogen and oxygen atoms in total. The highest BCUT2D eigenvalue weighted by atomic mass is 32.1. The highest BCUT2D eigenvalue weighted by molar-refractivity contribution is 7.22. The molecule has 0 aliphatic heterocycles. The molecule has 2 aromatic heterocycles. The Morgan fingerprint density at radius 2 is 1.96 bits per heavy atom. The summed E-state index contributed by atoms with van der Waals surface area (Å²) < 4.78 is 3.84. The minimum atomic E-state index is -0.502. The first-order chi connectivity index (χ1) is 11.1. The molecule has 3 rings (SSSR count). The highest BCUT2D eigenvalue weighted by Crippen LogP contribution is 2.34. The number of rotatable bonds is 5. The van der Waals surface area contributed by atoms with E-state index in [2.05, 4.69) is 19.8 Å². The summed E-state index contributed by atoms with van der Waals surface area (Å²) in [5, 5.41) is 23.6.